The average molecular weight is 505 g/mol. The van der Waals surface area contributed by atoms with Crippen molar-refractivity contribution in [2.24, 2.45) is 0 Å². The number of hydrogen-bond donors (Lipinski definition) is 0. The number of rotatable bonds is 7. The Labute approximate surface area is 220 Å². The van der Waals surface area contributed by atoms with Crippen LogP contribution in [-0.4, -0.2) is 84.6 Å². The molecule has 3 aliphatic heterocycles. The van der Waals surface area contributed by atoms with E-state index < -0.39 is 0 Å². The average Bonchev–Trinajstić information content (AvgIpc) is 3.35. The van der Waals surface area contributed by atoms with Crippen LogP contribution in [0.4, 0.5) is 11.5 Å². The molecule has 8 nitrogen and oxygen atoms in total. The molecule has 8 heteroatoms. The molecule has 2 fully saturated rings. The first kappa shape index (κ1) is 25.5. The van der Waals surface area contributed by atoms with Gasteiger partial charge in [-0.1, -0.05) is 38.6 Å². The molecule has 1 atom stereocenters. The number of carbonyl (C=O) groups excluding carboxylic acids is 1. The number of aromatic nitrogens is 2. The van der Waals surface area contributed by atoms with Crippen LogP contribution in [0.2, 0.25) is 0 Å². The molecule has 2 saturated heterocycles. The van der Waals surface area contributed by atoms with Crippen molar-refractivity contribution in [3.63, 3.8) is 0 Å². The van der Waals surface area contributed by atoms with Crippen LogP contribution >= 0.6 is 0 Å². The maximum Gasteiger partial charge on any atom is 0.318 e. The van der Waals surface area contributed by atoms with E-state index in [1.54, 1.807) is 0 Å². The summed E-state index contributed by atoms with van der Waals surface area (Å²) in [6.07, 6.45) is 4.64. The van der Waals surface area contributed by atoms with Gasteiger partial charge in [-0.3, -0.25) is 4.79 Å². The largest absolute Gasteiger partial charge is 0.462 e. The Morgan fingerprint density at radius 2 is 1.89 bits per heavy atom. The summed E-state index contributed by atoms with van der Waals surface area (Å²) in [4.78, 5) is 31.0. The topological polar surface area (TPSA) is 65.0 Å². The molecular formula is C29H40N6O2. The SMILES string of the molecule is C=CC(=O)N1CCN(c2nc(OCC3CCCN3C)nc3c2CCN(c2ccccc2C(C)C)C3)CC1. The molecule has 0 bridgehead atoms. The second-order valence-electron chi connectivity index (χ2n) is 10.7. The summed E-state index contributed by atoms with van der Waals surface area (Å²) in [7, 11) is 2.16. The first-order chi connectivity index (χ1) is 17.9. The third-order valence-electron chi connectivity index (χ3n) is 8.06. The Balaban J connectivity index is 1.42. The highest BCUT2D eigenvalue weighted by atomic mass is 16.5. The molecule has 1 aromatic carbocycles. The van der Waals surface area contributed by atoms with Crippen LogP contribution in [0.25, 0.3) is 0 Å². The van der Waals surface area contributed by atoms with Crippen LogP contribution in [0.3, 0.4) is 0 Å². The summed E-state index contributed by atoms with van der Waals surface area (Å²) in [5.41, 5.74) is 4.92. The Bertz CT molecular complexity index is 1130. The number of ether oxygens (including phenoxy) is 1. The van der Waals surface area contributed by atoms with Crippen LogP contribution < -0.4 is 14.5 Å². The number of para-hydroxylation sites is 1. The maximum absolute atomic E-state index is 12.1. The number of nitrogens with zero attached hydrogens (tertiary/aromatic N) is 6. The number of carbonyl (C=O) groups is 1. The Morgan fingerprint density at radius 1 is 1.11 bits per heavy atom. The first-order valence-corrected chi connectivity index (χ1v) is 13.7. The number of likely N-dealkylation sites (tertiary alicyclic amines) is 1. The maximum atomic E-state index is 12.1. The molecular weight excluding hydrogens is 464 g/mol. The predicted octanol–water partition coefficient (Wildman–Crippen LogP) is 3.47. The molecule has 4 heterocycles. The van der Waals surface area contributed by atoms with E-state index in [2.05, 4.69) is 66.4 Å². The molecule has 37 heavy (non-hydrogen) atoms. The van der Waals surface area contributed by atoms with Crippen molar-refractivity contribution < 1.29 is 9.53 Å². The lowest BCUT2D eigenvalue weighted by Gasteiger charge is -2.38. The lowest BCUT2D eigenvalue weighted by Crippen LogP contribution is -2.49. The molecule has 1 amide bonds. The normalized spacial score (nSPS) is 20.3. The Morgan fingerprint density at radius 3 is 2.59 bits per heavy atom. The van der Waals surface area contributed by atoms with Gasteiger partial charge in [0.1, 0.15) is 12.4 Å². The van der Waals surface area contributed by atoms with Gasteiger partial charge in [0.15, 0.2) is 0 Å². The Hall–Kier alpha value is -3.13. The van der Waals surface area contributed by atoms with Crippen LogP contribution in [-0.2, 0) is 17.8 Å². The smallest absolute Gasteiger partial charge is 0.318 e. The minimum absolute atomic E-state index is 0.00599. The lowest BCUT2D eigenvalue weighted by atomic mass is 9.98. The van der Waals surface area contributed by atoms with E-state index in [1.165, 1.54) is 29.3 Å². The van der Waals surface area contributed by atoms with Crippen molar-refractivity contribution in [3.05, 3.63) is 53.7 Å². The predicted molar refractivity (Wildman–Crippen MR) is 147 cm³/mol. The molecule has 3 aliphatic rings. The van der Waals surface area contributed by atoms with Gasteiger partial charge < -0.3 is 24.3 Å². The van der Waals surface area contributed by atoms with Gasteiger partial charge in [0.2, 0.25) is 5.91 Å². The quantitative estimate of drug-likeness (QED) is 0.535. The zero-order valence-electron chi connectivity index (χ0n) is 22.5. The molecule has 1 aromatic heterocycles. The zero-order chi connectivity index (χ0) is 25.9. The first-order valence-electron chi connectivity index (χ1n) is 13.7. The van der Waals surface area contributed by atoms with Gasteiger partial charge in [-0.15, -0.1) is 0 Å². The second-order valence-corrected chi connectivity index (χ2v) is 10.7. The van der Waals surface area contributed by atoms with Crippen molar-refractivity contribution in [3.8, 4) is 6.01 Å². The zero-order valence-corrected chi connectivity index (χ0v) is 22.5. The molecule has 0 N–H and O–H groups in total. The molecule has 1 unspecified atom stereocenters. The number of fused-ring (bicyclic) bond motifs is 1. The van der Waals surface area contributed by atoms with E-state index >= 15 is 0 Å². The van der Waals surface area contributed by atoms with Gasteiger partial charge in [0.25, 0.3) is 0 Å². The minimum Gasteiger partial charge on any atom is -0.462 e. The van der Waals surface area contributed by atoms with Gasteiger partial charge in [-0.25, -0.2) is 0 Å². The number of benzene rings is 1. The van der Waals surface area contributed by atoms with Crippen molar-refractivity contribution in [2.45, 2.75) is 51.6 Å². The van der Waals surface area contributed by atoms with Crippen molar-refractivity contribution in [2.75, 3.05) is 62.7 Å². The summed E-state index contributed by atoms with van der Waals surface area (Å²) in [5.74, 6) is 1.42. The number of hydrogen-bond acceptors (Lipinski definition) is 7. The number of anilines is 2. The second kappa shape index (κ2) is 11.1. The van der Waals surface area contributed by atoms with Gasteiger partial charge in [0, 0.05) is 50.0 Å². The number of likely N-dealkylation sites (N-methyl/N-ethyl adjacent to an activating group) is 1. The highest BCUT2D eigenvalue weighted by Crippen LogP contribution is 2.34. The highest BCUT2D eigenvalue weighted by molar-refractivity contribution is 5.87. The molecule has 0 saturated carbocycles. The number of amides is 1. The van der Waals surface area contributed by atoms with Crippen LogP contribution in [0.15, 0.2) is 36.9 Å². The van der Waals surface area contributed by atoms with Crippen molar-refractivity contribution >= 4 is 17.4 Å². The fourth-order valence-electron chi connectivity index (χ4n) is 5.81. The molecule has 198 valence electrons. The molecule has 5 rings (SSSR count). The van der Waals surface area contributed by atoms with E-state index in [-0.39, 0.29) is 5.91 Å². The van der Waals surface area contributed by atoms with E-state index in [0.29, 0.717) is 37.7 Å². The third-order valence-corrected chi connectivity index (χ3v) is 8.06. The number of piperazine rings is 1. The van der Waals surface area contributed by atoms with Crippen LogP contribution in [0.5, 0.6) is 6.01 Å². The third kappa shape index (κ3) is 5.44. The van der Waals surface area contributed by atoms with Gasteiger partial charge in [-0.2, -0.15) is 9.97 Å². The summed E-state index contributed by atoms with van der Waals surface area (Å²) >= 11 is 0. The molecule has 0 spiro atoms. The lowest BCUT2D eigenvalue weighted by molar-refractivity contribution is -0.126. The summed E-state index contributed by atoms with van der Waals surface area (Å²) in [6, 6.07) is 9.59. The van der Waals surface area contributed by atoms with Crippen LogP contribution in [0, 0.1) is 0 Å². The molecule has 2 aromatic rings. The molecule has 0 aliphatic carbocycles. The van der Waals surface area contributed by atoms with E-state index in [4.69, 9.17) is 14.7 Å². The summed E-state index contributed by atoms with van der Waals surface area (Å²) in [5, 5.41) is 0. The monoisotopic (exact) mass is 504 g/mol. The van der Waals surface area contributed by atoms with Crippen molar-refractivity contribution in [1.82, 2.24) is 19.8 Å². The fraction of sp³-hybridized carbons (Fsp3) is 0.552. The van der Waals surface area contributed by atoms with Gasteiger partial charge in [-0.05, 0) is 56.5 Å². The van der Waals surface area contributed by atoms with Crippen LogP contribution in [0.1, 0.15) is 49.4 Å². The van der Waals surface area contributed by atoms with Gasteiger partial charge >= 0.3 is 6.01 Å². The highest BCUT2D eigenvalue weighted by Gasteiger charge is 2.30. The summed E-state index contributed by atoms with van der Waals surface area (Å²) < 4.78 is 6.25. The standard InChI is InChI=1S/C29H40N6O2/c1-5-27(36)33-15-17-34(18-16-33)28-24-12-14-35(26-11-7-6-10-23(26)21(2)3)19-25(24)30-29(31-28)37-20-22-9-8-13-32(22)4/h5-7,10-11,21-22H,1,8-9,12-20H2,2-4H3. The van der Waals surface area contributed by atoms with E-state index in [9.17, 15) is 4.79 Å². The minimum atomic E-state index is -0.00599. The summed E-state index contributed by atoms with van der Waals surface area (Å²) in [6.45, 7) is 14.3. The Kier molecular flexibility index (Phi) is 7.65. The fourth-order valence-corrected chi connectivity index (χ4v) is 5.81. The van der Waals surface area contributed by atoms with Crippen molar-refractivity contribution in [1.29, 1.82) is 0 Å². The van der Waals surface area contributed by atoms with E-state index in [1.807, 2.05) is 4.90 Å². The van der Waals surface area contributed by atoms with E-state index in [0.717, 1.165) is 57.1 Å². The van der Waals surface area contributed by atoms with Gasteiger partial charge in [0.05, 0.1) is 12.2 Å². The molecule has 0 radical (unpaired) electrons.